The molecule has 1 fully saturated rings. The van der Waals surface area contributed by atoms with Crippen LogP contribution in [0.5, 0.6) is 0 Å². The van der Waals surface area contributed by atoms with Gasteiger partial charge in [0.15, 0.2) is 12.4 Å². The number of ether oxygens (including phenoxy) is 4. The van der Waals surface area contributed by atoms with Crippen LogP contribution in [-0.4, -0.2) is 53.5 Å². The molecule has 0 saturated carbocycles. The topological polar surface area (TPSA) is 94.5 Å². The van der Waals surface area contributed by atoms with Crippen LogP contribution in [0.25, 0.3) is 0 Å². The molecule has 29 heavy (non-hydrogen) atoms. The molecule has 0 spiro atoms. The molecule has 156 valence electrons. The first-order valence-corrected chi connectivity index (χ1v) is 9.51. The molecule has 2 aromatic rings. The Bertz CT molecular complexity index is 752. The summed E-state index contributed by atoms with van der Waals surface area (Å²) in [5, 5.41) is 20.3. The van der Waals surface area contributed by atoms with E-state index in [1.807, 2.05) is 60.7 Å². The van der Waals surface area contributed by atoms with Crippen molar-refractivity contribution in [3.8, 4) is 0 Å². The third-order valence-electron chi connectivity index (χ3n) is 4.64. The lowest BCUT2D eigenvalue weighted by Crippen LogP contribution is -2.61. The summed E-state index contributed by atoms with van der Waals surface area (Å²) in [6, 6.07) is 18.9. The average Bonchev–Trinajstić information content (AvgIpc) is 2.74. The first kappa shape index (κ1) is 21.4. The summed E-state index contributed by atoms with van der Waals surface area (Å²) in [5.74, 6) is -0.546. The van der Waals surface area contributed by atoms with E-state index in [9.17, 15) is 15.0 Å². The largest absolute Gasteiger partial charge is 0.454 e. The number of rotatable bonds is 8. The third kappa shape index (κ3) is 5.85. The van der Waals surface area contributed by atoms with Gasteiger partial charge in [0.05, 0.1) is 19.8 Å². The maximum atomic E-state index is 11.7. The lowest BCUT2D eigenvalue weighted by molar-refractivity contribution is -0.314. The van der Waals surface area contributed by atoms with Crippen molar-refractivity contribution in [2.75, 3.05) is 6.61 Å². The maximum Gasteiger partial charge on any atom is 0.303 e. The number of esters is 1. The minimum Gasteiger partial charge on any atom is -0.454 e. The lowest BCUT2D eigenvalue weighted by atomic mass is 9.98. The Morgan fingerprint density at radius 3 is 2.00 bits per heavy atom. The second-order valence-electron chi connectivity index (χ2n) is 6.85. The summed E-state index contributed by atoms with van der Waals surface area (Å²) in [6.07, 6.45) is -5.03. The molecule has 1 aliphatic heterocycles. The first-order valence-electron chi connectivity index (χ1n) is 9.51. The number of aliphatic hydroxyl groups is 2. The molecule has 1 saturated heterocycles. The Hall–Kier alpha value is -2.29. The lowest BCUT2D eigenvalue weighted by Gasteiger charge is -2.43. The zero-order valence-electron chi connectivity index (χ0n) is 16.2. The molecule has 5 atom stereocenters. The van der Waals surface area contributed by atoms with Crippen LogP contribution in [0.1, 0.15) is 18.1 Å². The normalized spacial score (nSPS) is 26.8. The van der Waals surface area contributed by atoms with Gasteiger partial charge in [-0.1, -0.05) is 60.7 Å². The van der Waals surface area contributed by atoms with Crippen molar-refractivity contribution >= 4 is 5.97 Å². The zero-order valence-corrected chi connectivity index (χ0v) is 16.2. The summed E-state index contributed by atoms with van der Waals surface area (Å²) < 4.78 is 22.8. The molecule has 7 nitrogen and oxygen atoms in total. The van der Waals surface area contributed by atoms with E-state index < -0.39 is 43.3 Å². The van der Waals surface area contributed by atoms with Crippen molar-refractivity contribution in [3.63, 3.8) is 0 Å². The number of hydrogen-bond donors (Lipinski definition) is 2. The minimum atomic E-state index is -1.19. The van der Waals surface area contributed by atoms with Crippen LogP contribution < -0.4 is 0 Å². The Morgan fingerprint density at radius 1 is 0.931 bits per heavy atom. The molecule has 1 aliphatic rings. The standard InChI is InChI=1S/C22H26O7/c1-15(24)28-21-20(26-13-16-8-4-2-5-9-16)19(25)18(12-23)29-22(21)27-14-17-10-6-3-7-11-17/h2-11,18-23,25H,12-14H2,1H3/t18-,19-,20+,21-,22+/m1/s1. The zero-order chi connectivity index (χ0) is 20.6. The van der Waals surface area contributed by atoms with Crippen LogP contribution >= 0.6 is 0 Å². The smallest absolute Gasteiger partial charge is 0.303 e. The highest BCUT2D eigenvalue weighted by atomic mass is 16.7. The minimum absolute atomic E-state index is 0.198. The van der Waals surface area contributed by atoms with Gasteiger partial charge in [-0.15, -0.1) is 0 Å². The van der Waals surface area contributed by atoms with Gasteiger partial charge in [0.25, 0.3) is 0 Å². The molecule has 1 heterocycles. The third-order valence-corrected chi connectivity index (χ3v) is 4.64. The highest BCUT2D eigenvalue weighted by molar-refractivity contribution is 5.66. The molecule has 0 aliphatic carbocycles. The van der Waals surface area contributed by atoms with E-state index in [1.54, 1.807) is 0 Å². The van der Waals surface area contributed by atoms with Gasteiger partial charge in [0.1, 0.15) is 18.3 Å². The van der Waals surface area contributed by atoms with Crippen molar-refractivity contribution < 1.29 is 34.0 Å². The van der Waals surface area contributed by atoms with E-state index in [1.165, 1.54) is 6.92 Å². The van der Waals surface area contributed by atoms with Crippen molar-refractivity contribution in [3.05, 3.63) is 71.8 Å². The van der Waals surface area contributed by atoms with Crippen molar-refractivity contribution in [2.24, 2.45) is 0 Å². The van der Waals surface area contributed by atoms with Gasteiger partial charge < -0.3 is 29.2 Å². The predicted molar refractivity (Wildman–Crippen MR) is 104 cm³/mol. The molecule has 0 amide bonds. The van der Waals surface area contributed by atoms with Crippen LogP contribution in [0, 0.1) is 0 Å². The Balaban J connectivity index is 1.76. The number of aliphatic hydroxyl groups excluding tert-OH is 2. The second kappa shape index (κ2) is 10.5. The van der Waals surface area contributed by atoms with Crippen LogP contribution in [-0.2, 0) is 37.0 Å². The molecule has 2 N–H and O–H groups in total. The fourth-order valence-corrected chi connectivity index (χ4v) is 3.20. The number of benzene rings is 2. The molecule has 2 aromatic carbocycles. The van der Waals surface area contributed by atoms with E-state index in [0.717, 1.165) is 11.1 Å². The molecule has 0 unspecified atom stereocenters. The number of carbonyl (C=O) groups is 1. The monoisotopic (exact) mass is 402 g/mol. The van der Waals surface area contributed by atoms with Crippen LogP contribution in [0.15, 0.2) is 60.7 Å². The van der Waals surface area contributed by atoms with Crippen molar-refractivity contribution in [1.29, 1.82) is 0 Å². The quantitative estimate of drug-likeness (QED) is 0.650. The van der Waals surface area contributed by atoms with Gasteiger partial charge in [-0.05, 0) is 11.1 Å². The second-order valence-corrected chi connectivity index (χ2v) is 6.85. The number of hydrogen-bond acceptors (Lipinski definition) is 7. The average molecular weight is 402 g/mol. The van der Waals surface area contributed by atoms with Gasteiger partial charge in [-0.2, -0.15) is 0 Å². The van der Waals surface area contributed by atoms with E-state index in [4.69, 9.17) is 18.9 Å². The highest BCUT2D eigenvalue weighted by Gasteiger charge is 2.48. The van der Waals surface area contributed by atoms with E-state index in [2.05, 4.69) is 0 Å². The van der Waals surface area contributed by atoms with Gasteiger partial charge in [0.2, 0.25) is 0 Å². The van der Waals surface area contributed by atoms with Crippen LogP contribution in [0.3, 0.4) is 0 Å². The molecular formula is C22H26O7. The SMILES string of the molecule is CC(=O)O[C@H]1[C@@H](OCc2ccccc2)O[C@H](CO)[C@@H](O)[C@@H]1OCc1ccccc1. The first-order chi connectivity index (χ1) is 14.1. The van der Waals surface area contributed by atoms with Crippen LogP contribution in [0.4, 0.5) is 0 Å². The Morgan fingerprint density at radius 2 is 1.48 bits per heavy atom. The Labute approximate surface area is 169 Å². The predicted octanol–water partition coefficient (Wildman–Crippen LogP) is 1.80. The number of carbonyl (C=O) groups excluding carboxylic acids is 1. The van der Waals surface area contributed by atoms with E-state index in [-0.39, 0.29) is 13.2 Å². The fraction of sp³-hybridized carbons (Fsp3) is 0.409. The van der Waals surface area contributed by atoms with E-state index in [0.29, 0.717) is 0 Å². The van der Waals surface area contributed by atoms with Gasteiger partial charge in [-0.3, -0.25) is 4.79 Å². The van der Waals surface area contributed by atoms with Crippen molar-refractivity contribution in [2.45, 2.75) is 50.8 Å². The summed E-state index contributed by atoms with van der Waals surface area (Å²) in [6.45, 7) is 1.25. The molecule has 0 radical (unpaired) electrons. The summed E-state index contributed by atoms with van der Waals surface area (Å²) in [7, 11) is 0. The molecule has 7 heteroatoms. The summed E-state index contributed by atoms with van der Waals surface area (Å²) >= 11 is 0. The highest BCUT2D eigenvalue weighted by Crippen LogP contribution is 2.28. The molecular weight excluding hydrogens is 376 g/mol. The molecule has 0 aromatic heterocycles. The maximum absolute atomic E-state index is 11.7. The van der Waals surface area contributed by atoms with Gasteiger partial charge >= 0.3 is 5.97 Å². The van der Waals surface area contributed by atoms with Crippen LogP contribution in [0.2, 0.25) is 0 Å². The van der Waals surface area contributed by atoms with E-state index >= 15 is 0 Å². The summed E-state index contributed by atoms with van der Waals surface area (Å²) in [4.78, 5) is 11.7. The van der Waals surface area contributed by atoms with Gasteiger partial charge in [0, 0.05) is 6.92 Å². The molecule has 3 rings (SSSR count). The fourth-order valence-electron chi connectivity index (χ4n) is 3.20. The Kier molecular flexibility index (Phi) is 7.74. The summed E-state index contributed by atoms with van der Waals surface area (Å²) in [5.41, 5.74) is 1.81. The van der Waals surface area contributed by atoms with Gasteiger partial charge in [-0.25, -0.2) is 0 Å². The van der Waals surface area contributed by atoms with Crippen molar-refractivity contribution in [1.82, 2.24) is 0 Å². The molecule has 0 bridgehead atoms.